The van der Waals surface area contributed by atoms with Gasteiger partial charge in [-0.2, -0.15) is 0 Å². The Balaban J connectivity index is 1.48. The Kier molecular flexibility index (Phi) is 4.13. The number of nitrogens with zero attached hydrogens (tertiary/aromatic N) is 3. The first kappa shape index (κ1) is 14.6. The third kappa shape index (κ3) is 3.47. The molecular weight excluding hydrogens is 284 g/mol. The van der Waals surface area contributed by atoms with E-state index in [1.807, 2.05) is 0 Å². The van der Waals surface area contributed by atoms with Crippen LogP contribution in [-0.2, 0) is 11.3 Å². The second-order valence-electron chi connectivity index (χ2n) is 5.75. The van der Waals surface area contributed by atoms with Crippen molar-refractivity contribution in [1.29, 1.82) is 0 Å². The number of hydrogen-bond acceptors (Lipinski definition) is 4. The van der Waals surface area contributed by atoms with Crippen molar-refractivity contribution in [2.45, 2.75) is 19.4 Å². The highest BCUT2D eigenvalue weighted by Gasteiger charge is 2.34. The molecule has 22 heavy (non-hydrogen) atoms. The van der Waals surface area contributed by atoms with Crippen LogP contribution in [0.25, 0.3) is 0 Å². The van der Waals surface area contributed by atoms with Crippen molar-refractivity contribution < 1.29 is 14.3 Å². The van der Waals surface area contributed by atoms with E-state index in [2.05, 4.69) is 10.3 Å². The van der Waals surface area contributed by atoms with Gasteiger partial charge in [0.15, 0.2) is 0 Å². The molecule has 0 unspecified atom stereocenters. The fourth-order valence-electron chi connectivity index (χ4n) is 2.42. The summed E-state index contributed by atoms with van der Waals surface area (Å²) in [5.74, 6) is 1.34. The Hall–Kier alpha value is -2.31. The van der Waals surface area contributed by atoms with Crippen molar-refractivity contribution >= 4 is 11.9 Å². The molecule has 0 radical (unpaired) electrons. The van der Waals surface area contributed by atoms with Gasteiger partial charge in [0.2, 0.25) is 5.91 Å². The number of nitrogens with one attached hydrogen (secondary N) is 1. The summed E-state index contributed by atoms with van der Waals surface area (Å²) < 4.78 is 5.04. The summed E-state index contributed by atoms with van der Waals surface area (Å²) in [4.78, 5) is 31.5. The molecule has 1 aliphatic carbocycles. The van der Waals surface area contributed by atoms with Crippen LogP contribution in [0.1, 0.15) is 18.5 Å². The molecule has 118 valence electrons. The minimum Gasteiger partial charge on any atom is -0.495 e. The van der Waals surface area contributed by atoms with Gasteiger partial charge in [-0.1, -0.05) is 0 Å². The summed E-state index contributed by atoms with van der Waals surface area (Å²) in [6.45, 7) is 1.66. The molecule has 7 nitrogen and oxygen atoms in total. The predicted octanol–water partition coefficient (Wildman–Crippen LogP) is 0.811. The van der Waals surface area contributed by atoms with E-state index >= 15 is 0 Å². The Morgan fingerprint density at radius 1 is 1.45 bits per heavy atom. The van der Waals surface area contributed by atoms with Gasteiger partial charge in [-0.25, -0.2) is 4.79 Å². The van der Waals surface area contributed by atoms with Crippen LogP contribution in [0.2, 0.25) is 0 Å². The van der Waals surface area contributed by atoms with Crippen LogP contribution in [-0.4, -0.2) is 53.6 Å². The van der Waals surface area contributed by atoms with Crippen LogP contribution in [0, 0.1) is 5.92 Å². The molecule has 0 aromatic carbocycles. The highest BCUT2D eigenvalue weighted by molar-refractivity contribution is 5.87. The van der Waals surface area contributed by atoms with Crippen molar-refractivity contribution in [1.82, 2.24) is 20.1 Å². The van der Waals surface area contributed by atoms with E-state index in [0.717, 1.165) is 12.2 Å². The first-order valence-electron chi connectivity index (χ1n) is 7.45. The Labute approximate surface area is 129 Å². The average molecular weight is 304 g/mol. The molecule has 2 aliphatic rings. The van der Waals surface area contributed by atoms with Gasteiger partial charge in [0, 0.05) is 6.54 Å². The number of pyridine rings is 1. The van der Waals surface area contributed by atoms with Gasteiger partial charge in [-0.3, -0.25) is 14.7 Å². The van der Waals surface area contributed by atoms with E-state index in [4.69, 9.17) is 4.74 Å². The molecule has 0 atom stereocenters. The van der Waals surface area contributed by atoms with E-state index in [1.165, 1.54) is 17.7 Å². The van der Waals surface area contributed by atoms with Crippen LogP contribution in [0.5, 0.6) is 5.75 Å². The molecule has 3 rings (SSSR count). The molecule has 1 aromatic heterocycles. The zero-order valence-corrected chi connectivity index (χ0v) is 12.6. The maximum absolute atomic E-state index is 12.1. The normalized spacial score (nSPS) is 17.8. The second kappa shape index (κ2) is 6.21. The predicted molar refractivity (Wildman–Crippen MR) is 79.0 cm³/mol. The van der Waals surface area contributed by atoms with Crippen LogP contribution in [0.3, 0.4) is 0 Å². The standard InChI is InChI=1S/C15H20N4O3/c1-22-13-5-4-12(16-7-13)6-17-15(21)19-9-14(20)18(10-19)8-11-2-3-11/h4-5,7,11H,2-3,6,8-10H2,1H3,(H,17,21). The number of urea groups is 1. The number of ether oxygens (including phenoxy) is 1. The summed E-state index contributed by atoms with van der Waals surface area (Å²) in [7, 11) is 1.58. The van der Waals surface area contributed by atoms with Gasteiger partial charge in [0.05, 0.1) is 32.2 Å². The van der Waals surface area contributed by atoms with E-state index in [0.29, 0.717) is 24.9 Å². The molecule has 1 N–H and O–H groups in total. The lowest BCUT2D eigenvalue weighted by Crippen LogP contribution is -2.39. The van der Waals surface area contributed by atoms with Crippen molar-refractivity contribution in [2.75, 3.05) is 26.9 Å². The maximum atomic E-state index is 12.1. The van der Waals surface area contributed by atoms with Crippen LogP contribution < -0.4 is 10.1 Å². The topological polar surface area (TPSA) is 74.8 Å². The molecule has 1 saturated heterocycles. The first-order chi connectivity index (χ1) is 10.7. The number of carbonyl (C=O) groups excluding carboxylic acids is 2. The highest BCUT2D eigenvalue weighted by Crippen LogP contribution is 2.30. The maximum Gasteiger partial charge on any atom is 0.319 e. The lowest BCUT2D eigenvalue weighted by molar-refractivity contribution is -0.126. The van der Waals surface area contributed by atoms with Crippen molar-refractivity contribution in [3.63, 3.8) is 0 Å². The lowest BCUT2D eigenvalue weighted by Gasteiger charge is -2.18. The summed E-state index contributed by atoms with van der Waals surface area (Å²) in [6.07, 6.45) is 4.00. The monoisotopic (exact) mass is 304 g/mol. The smallest absolute Gasteiger partial charge is 0.319 e. The van der Waals surface area contributed by atoms with Gasteiger partial charge in [0.25, 0.3) is 0 Å². The molecule has 2 heterocycles. The molecule has 1 saturated carbocycles. The summed E-state index contributed by atoms with van der Waals surface area (Å²) >= 11 is 0. The Bertz CT molecular complexity index is 556. The minimum absolute atomic E-state index is 0.0321. The first-order valence-corrected chi connectivity index (χ1v) is 7.45. The number of carbonyl (C=O) groups is 2. The van der Waals surface area contributed by atoms with Crippen LogP contribution >= 0.6 is 0 Å². The average Bonchev–Trinajstić information content (AvgIpc) is 3.28. The molecule has 0 spiro atoms. The number of methoxy groups -OCH3 is 1. The van der Waals surface area contributed by atoms with Crippen LogP contribution in [0.4, 0.5) is 4.79 Å². The molecule has 1 aromatic rings. The fourth-order valence-corrected chi connectivity index (χ4v) is 2.42. The molecule has 0 bridgehead atoms. The molecule has 1 aliphatic heterocycles. The van der Waals surface area contributed by atoms with E-state index in [1.54, 1.807) is 30.3 Å². The van der Waals surface area contributed by atoms with E-state index < -0.39 is 0 Å². The molecule has 3 amide bonds. The third-order valence-electron chi connectivity index (χ3n) is 3.94. The van der Waals surface area contributed by atoms with Crippen LogP contribution in [0.15, 0.2) is 18.3 Å². The fraction of sp³-hybridized carbons (Fsp3) is 0.533. The number of hydrogen-bond donors (Lipinski definition) is 1. The van der Waals surface area contributed by atoms with Crippen molar-refractivity contribution in [3.8, 4) is 5.75 Å². The largest absolute Gasteiger partial charge is 0.495 e. The summed E-state index contributed by atoms with van der Waals surface area (Å²) in [6, 6.07) is 3.36. The SMILES string of the molecule is COc1ccc(CNC(=O)N2CC(=O)N(CC3CC3)C2)nc1. The van der Waals surface area contributed by atoms with Gasteiger partial charge in [-0.15, -0.1) is 0 Å². The Morgan fingerprint density at radius 2 is 2.27 bits per heavy atom. The zero-order valence-electron chi connectivity index (χ0n) is 12.6. The summed E-state index contributed by atoms with van der Waals surface area (Å²) in [5, 5.41) is 2.79. The van der Waals surface area contributed by atoms with Crippen molar-refractivity contribution in [2.24, 2.45) is 5.92 Å². The van der Waals surface area contributed by atoms with E-state index in [-0.39, 0.29) is 18.5 Å². The van der Waals surface area contributed by atoms with E-state index in [9.17, 15) is 9.59 Å². The van der Waals surface area contributed by atoms with Gasteiger partial charge < -0.3 is 15.0 Å². The molecule has 7 heteroatoms. The second-order valence-corrected chi connectivity index (χ2v) is 5.75. The van der Waals surface area contributed by atoms with Gasteiger partial charge in [-0.05, 0) is 30.9 Å². The van der Waals surface area contributed by atoms with Gasteiger partial charge in [0.1, 0.15) is 12.3 Å². The highest BCUT2D eigenvalue weighted by atomic mass is 16.5. The molecule has 2 fully saturated rings. The van der Waals surface area contributed by atoms with Crippen molar-refractivity contribution in [3.05, 3.63) is 24.0 Å². The number of rotatable bonds is 5. The zero-order chi connectivity index (χ0) is 15.5. The molecular formula is C15H20N4O3. The Morgan fingerprint density at radius 3 is 2.91 bits per heavy atom. The quantitative estimate of drug-likeness (QED) is 0.873. The third-order valence-corrected chi connectivity index (χ3v) is 3.94. The number of amides is 3. The lowest BCUT2D eigenvalue weighted by atomic mass is 10.3. The number of aromatic nitrogens is 1. The minimum atomic E-state index is -0.232. The van der Waals surface area contributed by atoms with Gasteiger partial charge >= 0.3 is 6.03 Å². The summed E-state index contributed by atoms with van der Waals surface area (Å²) in [5.41, 5.74) is 0.745.